The molecule has 4 heteroatoms. The molecule has 1 atom stereocenters. The number of nitrogens with one attached hydrogen (secondary N) is 2. The van der Waals surface area contributed by atoms with Crippen LogP contribution in [0.4, 0.5) is 5.69 Å². The van der Waals surface area contributed by atoms with Crippen LogP contribution in [0.25, 0.3) is 0 Å². The van der Waals surface area contributed by atoms with Crippen LogP contribution < -0.4 is 14.7 Å². The smallest absolute Gasteiger partial charge is 0.284 e. The molecule has 0 radical (unpaired) electrons. The fourth-order valence-corrected chi connectivity index (χ4v) is 3.89. The summed E-state index contributed by atoms with van der Waals surface area (Å²) in [6.45, 7) is 9.65. The molecule has 4 nitrogen and oxygen atoms in total. The molecule has 0 aromatic heterocycles. The quantitative estimate of drug-likeness (QED) is 0.797. The van der Waals surface area contributed by atoms with Crippen LogP contribution in [0.15, 0.2) is 54.6 Å². The highest BCUT2D eigenvalue weighted by Crippen LogP contribution is 2.11. The summed E-state index contributed by atoms with van der Waals surface area (Å²) in [7, 11) is 1.88. The molecule has 1 fully saturated rings. The van der Waals surface area contributed by atoms with E-state index in [0.717, 1.165) is 38.4 Å². The van der Waals surface area contributed by atoms with Gasteiger partial charge in [0.25, 0.3) is 5.91 Å². The predicted molar refractivity (Wildman–Crippen MR) is 106 cm³/mol. The molecular formula is C22H31N3O+2. The number of hydrogen-bond acceptors (Lipinski definition) is 1. The van der Waals surface area contributed by atoms with Crippen LogP contribution in [0.1, 0.15) is 18.1 Å². The molecule has 1 saturated heterocycles. The van der Waals surface area contributed by atoms with E-state index in [1.165, 1.54) is 16.0 Å². The number of rotatable bonds is 5. The van der Waals surface area contributed by atoms with Gasteiger partial charge in [0.05, 0.1) is 0 Å². The number of para-hydroxylation sites is 1. The molecule has 1 heterocycles. The zero-order chi connectivity index (χ0) is 18.5. The average Bonchev–Trinajstić information content (AvgIpc) is 2.67. The second kappa shape index (κ2) is 8.47. The average molecular weight is 354 g/mol. The Labute approximate surface area is 157 Å². The van der Waals surface area contributed by atoms with E-state index in [2.05, 4.69) is 38.1 Å². The van der Waals surface area contributed by atoms with E-state index in [-0.39, 0.29) is 11.9 Å². The number of benzene rings is 2. The summed E-state index contributed by atoms with van der Waals surface area (Å²) in [4.78, 5) is 17.7. The molecule has 0 spiro atoms. The van der Waals surface area contributed by atoms with Gasteiger partial charge in [-0.1, -0.05) is 48.0 Å². The Morgan fingerprint density at radius 2 is 1.73 bits per heavy atom. The topological polar surface area (TPSA) is 29.2 Å². The number of carbonyl (C=O) groups is 1. The molecule has 0 unspecified atom stereocenters. The summed E-state index contributed by atoms with van der Waals surface area (Å²) >= 11 is 0. The first-order chi connectivity index (χ1) is 12.5. The van der Waals surface area contributed by atoms with Gasteiger partial charge >= 0.3 is 0 Å². The molecule has 0 bridgehead atoms. The second-order valence-electron chi connectivity index (χ2n) is 7.53. The lowest BCUT2D eigenvalue weighted by atomic mass is 10.1. The summed E-state index contributed by atoms with van der Waals surface area (Å²) in [6.07, 6.45) is 0. The van der Waals surface area contributed by atoms with Crippen LogP contribution in [0.5, 0.6) is 0 Å². The predicted octanol–water partition coefficient (Wildman–Crippen LogP) is 0.330. The number of anilines is 1. The Hall–Kier alpha value is -2.17. The van der Waals surface area contributed by atoms with Crippen LogP contribution >= 0.6 is 0 Å². The van der Waals surface area contributed by atoms with Gasteiger partial charge in [0.1, 0.15) is 32.7 Å². The van der Waals surface area contributed by atoms with Crippen LogP contribution in [0, 0.1) is 6.92 Å². The van der Waals surface area contributed by atoms with Crippen molar-refractivity contribution in [1.29, 1.82) is 0 Å². The van der Waals surface area contributed by atoms with Crippen molar-refractivity contribution in [2.24, 2.45) is 0 Å². The van der Waals surface area contributed by atoms with Crippen molar-refractivity contribution in [2.75, 3.05) is 38.1 Å². The number of quaternary nitrogens is 2. The van der Waals surface area contributed by atoms with E-state index in [0.29, 0.717) is 0 Å². The molecule has 1 aliphatic rings. The molecule has 26 heavy (non-hydrogen) atoms. The third-order valence-electron chi connectivity index (χ3n) is 5.59. The van der Waals surface area contributed by atoms with E-state index in [1.807, 2.05) is 37.4 Å². The van der Waals surface area contributed by atoms with Crippen molar-refractivity contribution >= 4 is 11.6 Å². The lowest BCUT2D eigenvalue weighted by Crippen LogP contribution is -3.29. The van der Waals surface area contributed by atoms with Crippen LogP contribution in [0.3, 0.4) is 0 Å². The minimum Gasteiger partial charge on any atom is -0.322 e. The normalized spacial score (nSPS) is 21.2. The summed E-state index contributed by atoms with van der Waals surface area (Å²) in [5, 5.41) is 0. The van der Waals surface area contributed by atoms with Crippen molar-refractivity contribution in [3.8, 4) is 0 Å². The molecule has 0 aliphatic carbocycles. The molecule has 2 aromatic rings. The van der Waals surface area contributed by atoms with Gasteiger partial charge in [-0.15, -0.1) is 0 Å². The zero-order valence-corrected chi connectivity index (χ0v) is 16.2. The summed E-state index contributed by atoms with van der Waals surface area (Å²) < 4.78 is 0. The van der Waals surface area contributed by atoms with Crippen molar-refractivity contribution in [2.45, 2.75) is 26.4 Å². The number of likely N-dealkylation sites (N-methyl/N-ethyl adjacent to an activating group) is 1. The van der Waals surface area contributed by atoms with Gasteiger partial charge in [-0.25, -0.2) is 0 Å². The van der Waals surface area contributed by atoms with E-state index in [1.54, 1.807) is 9.80 Å². The first-order valence-corrected chi connectivity index (χ1v) is 9.61. The Morgan fingerprint density at radius 3 is 2.38 bits per heavy atom. The van der Waals surface area contributed by atoms with Crippen LogP contribution in [0.2, 0.25) is 0 Å². The minimum atomic E-state index is 0.000672. The standard InChI is InChI=1S/C22H29N3O/c1-18-8-7-9-20(16-18)17-24-12-14-25(15-13-24)19(2)22(26)23(3)21-10-5-4-6-11-21/h4-11,16,19H,12-15,17H2,1-3H3/p+2/t19-/m1/s1. The van der Waals surface area contributed by atoms with E-state index >= 15 is 0 Å². The molecule has 1 amide bonds. The van der Waals surface area contributed by atoms with E-state index in [9.17, 15) is 4.79 Å². The monoisotopic (exact) mass is 353 g/mol. The van der Waals surface area contributed by atoms with Gasteiger partial charge in [-0.2, -0.15) is 0 Å². The number of piperazine rings is 1. The van der Waals surface area contributed by atoms with Crippen LogP contribution in [-0.4, -0.2) is 45.2 Å². The van der Waals surface area contributed by atoms with Crippen LogP contribution in [-0.2, 0) is 11.3 Å². The minimum absolute atomic E-state index is 0.000672. The largest absolute Gasteiger partial charge is 0.322 e. The Bertz CT molecular complexity index is 723. The maximum atomic E-state index is 12.9. The molecular weight excluding hydrogens is 322 g/mol. The number of carbonyl (C=O) groups excluding carboxylic acids is 1. The zero-order valence-electron chi connectivity index (χ0n) is 16.2. The van der Waals surface area contributed by atoms with Gasteiger partial charge in [0, 0.05) is 18.3 Å². The number of aryl methyl sites for hydroxylation is 1. The third kappa shape index (κ3) is 4.51. The van der Waals surface area contributed by atoms with E-state index in [4.69, 9.17) is 0 Å². The van der Waals surface area contributed by atoms with Gasteiger partial charge in [0.2, 0.25) is 0 Å². The van der Waals surface area contributed by atoms with Crippen molar-refractivity contribution in [3.63, 3.8) is 0 Å². The second-order valence-corrected chi connectivity index (χ2v) is 7.53. The SMILES string of the molecule is Cc1cccc(C[NH+]2CC[NH+]([C@H](C)C(=O)N(C)c3ccccc3)CC2)c1. The molecule has 2 N–H and O–H groups in total. The molecule has 3 rings (SSSR count). The van der Waals surface area contributed by atoms with Crippen molar-refractivity contribution < 1.29 is 14.6 Å². The first kappa shape index (κ1) is 18.6. The van der Waals surface area contributed by atoms with Gasteiger partial charge in [-0.05, 0) is 26.0 Å². The van der Waals surface area contributed by atoms with E-state index < -0.39 is 0 Å². The fourth-order valence-electron chi connectivity index (χ4n) is 3.89. The van der Waals surface area contributed by atoms with Crippen molar-refractivity contribution in [3.05, 3.63) is 65.7 Å². The fraction of sp³-hybridized carbons (Fsp3) is 0.409. The molecule has 138 valence electrons. The van der Waals surface area contributed by atoms with Gasteiger partial charge in [0.15, 0.2) is 6.04 Å². The number of amides is 1. The molecule has 0 saturated carbocycles. The first-order valence-electron chi connectivity index (χ1n) is 9.61. The lowest BCUT2D eigenvalue weighted by molar-refractivity contribution is -1.02. The highest BCUT2D eigenvalue weighted by atomic mass is 16.2. The lowest BCUT2D eigenvalue weighted by Gasteiger charge is -2.34. The summed E-state index contributed by atoms with van der Waals surface area (Å²) in [5.41, 5.74) is 3.71. The highest BCUT2D eigenvalue weighted by molar-refractivity contribution is 5.95. The Balaban J connectivity index is 1.53. The Kier molecular flexibility index (Phi) is 6.07. The summed E-state index contributed by atoms with van der Waals surface area (Å²) in [6, 6.07) is 18.7. The Morgan fingerprint density at radius 1 is 1.04 bits per heavy atom. The number of nitrogens with zero attached hydrogens (tertiary/aromatic N) is 1. The molecule has 2 aromatic carbocycles. The highest BCUT2D eigenvalue weighted by Gasteiger charge is 2.32. The van der Waals surface area contributed by atoms with Gasteiger partial charge < -0.3 is 14.7 Å². The third-order valence-corrected chi connectivity index (χ3v) is 5.59. The maximum Gasteiger partial charge on any atom is 0.284 e. The number of hydrogen-bond donors (Lipinski definition) is 2. The summed E-state index contributed by atoms with van der Waals surface area (Å²) in [5.74, 6) is 0.202. The molecule has 1 aliphatic heterocycles. The maximum absolute atomic E-state index is 12.9. The van der Waals surface area contributed by atoms with Gasteiger partial charge in [-0.3, -0.25) is 4.79 Å². The van der Waals surface area contributed by atoms with Crippen molar-refractivity contribution in [1.82, 2.24) is 0 Å².